The molecule has 2 heterocycles. The van der Waals surface area contributed by atoms with Crippen LogP contribution in [0.15, 0.2) is 53.7 Å². The summed E-state index contributed by atoms with van der Waals surface area (Å²) in [6.07, 6.45) is 0. The van der Waals surface area contributed by atoms with Crippen LogP contribution in [0.3, 0.4) is 0 Å². The molecule has 1 saturated heterocycles. The summed E-state index contributed by atoms with van der Waals surface area (Å²) in [7, 11) is 0. The minimum Gasteiger partial charge on any atom is -0.463 e. The lowest BCUT2D eigenvalue weighted by Crippen LogP contribution is -2.56. The first kappa shape index (κ1) is 28.9. The smallest absolute Gasteiger partial charge is 0.338 e. The quantitative estimate of drug-likeness (QED) is 0.475. The van der Waals surface area contributed by atoms with Crippen LogP contribution in [-0.2, 0) is 9.53 Å². The third kappa shape index (κ3) is 6.21. The number of amides is 3. The Kier molecular flexibility index (Phi) is 9.15. The minimum atomic E-state index is -0.821. The van der Waals surface area contributed by atoms with Crippen molar-refractivity contribution in [2.24, 2.45) is 0 Å². The number of benzene rings is 2. The molecule has 0 aromatic heterocycles. The van der Waals surface area contributed by atoms with Crippen LogP contribution in [0.5, 0.6) is 0 Å². The first-order valence-corrected chi connectivity index (χ1v) is 13.6. The molecular weight excluding hydrogens is 546 g/mol. The van der Waals surface area contributed by atoms with E-state index in [9.17, 15) is 18.8 Å². The molecule has 1 N–H and O–H groups in total. The van der Waals surface area contributed by atoms with Gasteiger partial charge >= 0.3 is 12.0 Å². The fourth-order valence-electron chi connectivity index (χ4n) is 5.07. The summed E-state index contributed by atoms with van der Waals surface area (Å²) >= 11 is 12.6. The highest BCUT2D eigenvalue weighted by molar-refractivity contribution is 6.35. The molecule has 2 aromatic carbocycles. The maximum Gasteiger partial charge on any atom is 0.338 e. The standard InChI is InChI=1S/C28H31Cl2FN4O4/c1-4-34-23(16-33-12-13-35(17(3)15-33)26(36)18-6-9-20(31)10-7-18)24(27(37)39-5-2)25(32-28(34)38)21-11-8-19(29)14-22(21)30/h6-11,14,17,25H,4-5,12-13,15-16H2,1-3H3,(H,32,38). The van der Waals surface area contributed by atoms with E-state index in [0.717, 1.165) is 0 Å². The molecular formula is C28H31Cl2FN4O4. The first-order valence-electron chi connectivity index (χ1n) is 12.9. The van der Waals surface area contributed by atoms with E-state index in [1.54, 1.807) is 30.0 Å². The summed E-state index contributed by atoms with van der Waals surface area (Å²) in [6.45, 7) is 7.75. The van der Waals surface area contributed by atoms with Gasteiger partial charge in [0.1, 0.15) is 5.82 Å². The Morgan fingerprint density at radius 2 is 1.82 bits per heavy atom. The molecule has 2 aliphatic rings. The van der Waals surface area contributed by atoms with E-state index in [2.05, 4.69) is 10.2 Å². The Labute approximate surface area is 237 Å². The van der Waals surface area contributed by atoms with Crippen LogP contribution in [0.1, 0.15) is 42.7 Å². The van der Waals surface area contributed by atoms with Crippen molar-refractivity contribution in [1.29, 1.82) is 0 Å². The molecule has 4 rings (SSSR count). The molecule has 0 radical (unpaired) electrons. The highest BCUT2D eigenvalue weighted by atomic mass is 35.5. The fraction of sp³-hybridized carbons (Fsp3) is 0.393. The predicted octanol–water partition coefficient (Wildman–Crippen LogP) is 4.88. The van der Waals surface area contributed by atoms with Crippen molar-refractivity contribution in [3.05, 3.63) is 80.7 Å². The fourth-order valence-corrected chi connectivity index (χ4v) is 5.59. The second kappa shape index (κ2) is 12.4. The second-order valence-electron chi connectivity index (χ2n) is 9.46. The van der Waals surface area contributed by atoms with Crippen molar-refractivity contribution in [2.45, 2.75) is 32.9 Å². The molecule has 2 aromatic rings. The molecule has 39 heavy (non-hydrogen) atoms. The molecule has 8 nitrogen and oxygen atoms in total. The molecule has 2 atom stereocenters. The van der Waals surface area contributed by atoms with E-state index in [1.165, 1.54) is 29.2 Å². The van der Waals surface area contributed by atoms with E-state index in [0.29, 0.717) is 65.2 Å². The normalized spacial score (nSPS) is 20.2. The van der Waals surface area contributed by atoms with E-state index in [1.807, 2.05) is 13.8 Å². The molecule has 0 spiro atoms. The maximum absolute atomic E-state index is 13.3. The van der Waals surface area contributed by atoms with Gasteiger partial charge in [0.25, 0.3) is 5.91 Å². The van der Waals surface area contributed by atoms with Gasteiger partial charge in [-0.05, 0) is 62.7 Å². The molecule has 2 unspecified atom stereocenters. The van der Waals surface area contributed by atoms with Crippen molar-refractivity contribution in [1.82, 2.24) is 20.0 Å². The zero-order valence-corrected chi connectivity index (χ0v) is 23.6. The Morgan fingerprint density at radius 3 is 2.44 bits per heavy atom. The average Bonchev–Trinajstić information content (AvgIpc) is 2.89. The molecule has 208 valence electrons. The van der Waals surface area contributed by atoms with Gasteiger partial charge in [-0.1, -0.05) is 29.3 Å². The maximum atomic E-state index is 13.3. The molecule has 0 bridgehead atoms. The number of likely N-dealkylation sites (N-methyl/N-ethyl adjacent to an activating group) is 1. The number of carbonyl (C=O) groups excluding carboxylic acids is 3. The van der Waals surface area contributed by atoms with Gasteiger partial charge in [0.15, 0.2) is 0 Å². The average molecular weight is 577 g/mol. The van der Waals surface area contributed by atoms with Crippen molar-refractivity contribution in [2.75, 3.05) is 39.3 Å². The Bertz CT molecular complexity index is 1290. The molecule has 11 heteroatoms. The zero-order valence-electron chi connectivity index (χ0n) is 22.0. The number of hydrogen-bond acceptors (Lipinski definition) is 5. The monoisotopic (exact) mass is 576 g/mol. The third-order valence-corrected chi connectivity index (χ3v) is 7.52. The summed E-state index contributed by atoms with van der Waals surface area (Å²) in [5.41, 5.74) is 1.79. The topological polar surface area (TPSA) is 82.2 Å². The lowest BCUT2D eigenvalue weighted by Gasteiger charge is -2.43. The zero-order chi connectivity index (χ0) is 28.3. The van der Waals surface area contributed by atoms with Crippen molar-refractivity contribution in [3.8, 4) is 0 Å². The molecule has 0 saturated carbocycles. The minimum absolute atomic E-state index is 0.156. The first-order chi connectivity index (χ1) is 18.6. The number of nitrogens with zero attached hydrogens (tertiary/aromatic N) is 3. The van der Waals surface area contributed by atoms with E-state index >= 15 is 0 Å². The van der Waals surface area contributed by atoms with Crippen molar-refractivity contribution >= 4 is 41.1 Å². The number of esters is 1. The summed E-state index contributed by atoms with van der Waals surface area (Å²) in [5.74, 6) is -1.11. The lowest BCUT2D eigenvalue weighted by molar-refractivity contribution is -0.139. The van der Waals surface area contributed by atoms with Crippen LogP contribution < -0.4 is 5.32 Å². The largest absolute Gasteiger partial charge is 0.463 e. The molecule has 0 aliphatic carbocycles. The van der Waals surface area contributed by atoms with E-state index < -0.39 is 17.8 Å². The van der Waals surface area contributed by atoms with Crippen LogP contribution in [0.2, 0.25) is 10.0 Å². The Hall–Kier alpha value is -3.14. The van der Waals surface area contributed by atoms with Gasteiger partial charge in [0.2, 0.25) is 0 Å². The summed E-state index contributed by atoms with van der Waals surface area (Å²) in [5, 5.41) is 3.66. The van der Waals surface area contributed by atoms with Crippen LogP contribution in [0, 0.1) is 5.82 Å². The second-order valence-corrected chi connectivity index (χ2v) is 10.3. The molecule has 1 fully saturated rings. The number of hydrogen-bond donors (Lipinski definition) is 1. The highest BCUT2D eigenvalue weighted by Gasteiger charge is 2.40. The van der Waals surface area contributed by atoms with Gasteiger partial charge in [-0.2, -0.15) is 0 Å². The van der Waals surface area contributed by atoms with E-state index in [4.69, 9.17) is 27.9 Å². The van der Waals surface area contributed by atoms with Gasteiger partial charge in [-0.15, -0.1) is 0 Å². The van der Waals surface area contributed by atoms with Crippen molar-refractivity contribution < 1.29 is 23.5 Å². The summed E-state index contributed by atoms with van der Waals surface area (Å²) in [6, 6.07) is 9.09. The molecule has 3 amide bonds. The van der Waals surface area contributed by atoms with E-state index in [-0.39, 0.29) is 24.6 Å². The number of halogens is 3. The Morgan fingerprint density at radius 1 is 1.10 bits per heavy atom. The third-order valence-electron chi connectivity index (χ3n) is 6.96. The number of piperazine rings is 1. The molecule has 2 aliphatic heterocycles. The summed E-state index contributed by atoms with van der Waals surface area (Å²) < 4.78 is 18.8. The summed E-state index contributed by atoms with van der Waals surface area (Å²) in [4.78, 5) is 45.0. The van der Waals surface area contributed by atoms with Gasteiger partial charge in [-0.25, -0.2) is 14.0 Å². The van der Waals surface area contributed by atoms with Crippen LogP contribution in [0.4, 0.5) is 9.18 Å². The number of ether oxygens (including phenoxy) is 1. The number of urea groups is 1. The Balaban J connectivity index is 1.64. The van der Waals surface area contributed by atoms with Gasteiger partial charge in [0.05, 0.1) is 18.2 Å². The van der Waals surface area contributed by atoms with Crippen LogP contribution in [-0.4, -0.2) is 78.0 Å². The van der Waals surface area contributed by atoms with Gasteiger partial charge < -0.3 is 15.0 Å². The number of nitrogens with one attached hydrogen (secondary N) is 1. The lowest BCUT2D eigenvalue weighted by atomic mass is 9.94. The predicted molar refractivity (Wildman–Crippen MR) is 147 cm³/mol. The number of carbonyl (C=O) groups is 3. The van der Waals surface area contributed by atoms with Crippen LogP contribution >= 0.6 is 23.2 Å². The van der Waals surface area contributed by atoms with Gasteiger partial charge in [0, 0.05) is 60.1 Å². The van der Waals surface area contributed by atoms with Crippen LogP contribution in [0.25, 0.3) is 0 Å². The SMILES string of the molecule is CCOC(=O)C1=C(CN2CCN(C(=O)c3ccc(F)cc3)C(C)C2)N(CC)C(=O)NC1c1ccc(Cl)cc1Cl. The van der Waals surface area contributed by atoms with Gasteiger partial charge in [-0.3, -0.25) is 14.6 Å². The number of rotatable bonds is 7. The van der Waals surface area contributed by atoms with Crippen molar-refractivity contribution in [3.63, 3.8) is 0 Å². The highest BCUT2D eigenvalue weighted by Crippen LogP contribution is 2.36.